The second-order valence-electron chi connectivity index (χ2n) is 7.02. The minimum Gasteiger partial charge on any atom is -0.495 e. The van der Waals surface area contributed by atoms with Crippen LogP contribution in [0.5, 0.6) is 5.75 Å². The summed E-state index contributed by atoms with van der Waals surface area (Å²) in [6.45, 7) is 1.98. The number of carbonyl (C=O) groups excluding carboxylic acids is 1. The number of carbonyl (C=O) groups is 1. The van der Waals surface area contributed by atoms with Crippen LogP contribution in [0.2, 0.25) is 0 Å². The van der Waals surface area contributed by atoms with E-state index in [1.807, 2.05) is 25.1 Å². The molecule has 3 heterocycles. The van der Waals surface area contributed by atoms with E-state index in [4.69, 9.17) is 13.6 Å². The van der Waals surface area contributed by atoms with Crippen LogP contribution < -0.4 is 15.1 Å². The van der Waals surface area contributed by atoms with Crippen molar-refractivity contribution < 1.29 is 18.4 Å². The Labute approximate surface area is 183 Å². The van der Waals surface area contributed by atoms with Crippen molar-refractivity contribution in [3.05, 3.63) is 68.7 Å². The van der Waals surface area contributed by atoms with Gasteiger partial charge in [-0.25, -0.2) is 0 Å². The van der Waals surface area contributed by atoms with Crippen LogP contribution in [0.1, 0.15) is 16.5 Å². The van der Waals surface area contributed by atoms with Gasteiger partial charge in [0, 0.05) is 10.5 Å². The van der Waals surface area contributed by atoms with Gasteiger partial charge in [-0.15, -0.1) is 11.8 Å². The Hall–Kier alpha value is -2.71. The maximum atomic E-state index is 13.5. The lowest BCUT2D eigenvalue weighted by Gasteiger charge is -2.25. The fraction of sp³-hybridized carbons (Fsp3) is 0.182. The SMILES string of the molecule is COc1c2ccoc2cc2occ(C3SCC(=O)N3c3ccc(C)cc3Br)c(=O)c12. The van der Waals surface area contributed by atoms with E-state index in [-0.39, 0.29) is 17.1 Å². The van der Waals surface area contributed by atoms with E-state index in [1.54, 1.807) is 23.3 Å². The molecule has 1 atom stereocenters. The monoisotopic (exact) mass is 485 g/mol. The van der Waals surface area contributed by atoms with Gasteiger partial charge >= 0.3 is 0 Å². The van der Waals surface area contributed by atoms with Gasteiger partial charge in [0.15, 0.2) is 0 Å². The molecule has 0 spiro atoms. The van der Waals surface area contributed by atoms with Crippen molar-refractivity contribution in [2.45, 2.75) is 12.3 Å². The molecule has 4 aromatic rings. The highest BCUT2D eigenvalue weighted by Crippen LogP contribution is 2.44. The van der Waals surface area contributed by atoms with Gasteiger partial charge in [-0.3, -0.25) is 14.5 Å². The maximum Gasteiger partial charge on any atom is 0.238 e. The molecule has 1 unspecified atom stereocenters. The van der Waals surface area contributed by atoms with Crippen molar-refractivity contribution in [1.29, 1.82) is 0 Å². The summed E-state index contributed by atoms with van der Waals surface area (Å²) >= 11 is 4.95. The quantitative estimate of drug-likeness (QED) is 0.386. The molecular weight excluding hydrogens is 470 g/mol. The molecule has 1 aliphatic heterocycles. The third-order valence-corrected chi connectivity index (χ3v) is 7.01. The molecule has 0 saturated carbocycles. The van der Waals surface area contributed by atoms with Crippen molar-refractivity contribution in [2.24, 2.45) is 0 Å². The molecule has 1 amide bonds. The predicted molar refractivity (Wildman–Crippen MR) is 120 cm³/mol. The Balaban J connectivity index is 1.72. The maximum absolute atomic E-state index is 13.5. The zero-order valence-electron chi connectivity index (χ0n) is 16.1. The van der Waals surface area contributed by atoms with E-state index in [0.717, 1.165) is 15.7 Å². The summed E-state index contributed by atoms with van der Waals surface area (Å²) in [5.41, 5.74) is 2.91. The Morgan fingerprint density at radius 1 is 1.17 bits per heavy atom. The van der Waals surface area contributed by atoms with E-state index in [2.05, 4.69) is 15.9 Å². The van der Waals surface area contributed by atoms with Crippen LogP contribution in [0.4, 0.5) is 5.69 Å². The summed E-state index contributed by atoms with van der Waals surface area (Å²) in [4.78, 5) is 27.9. The summed E-state index contributed by atoms with van der Waals surface area (Å²) in [6, 6.07) is 9.20. The van der Waals surface area contributed by atoms with Gasteiger partial charge in [0.1, 0.15) is 33.9 Å². The first-order chi connectivity index (χ1) is 14.5. The van der Waals surface area contributed by atoms with Gasteiger partial charge < -0.3 is 13.6 Å². The molecule has 1 saturated heterocycles. The molecule has 2 aromatic heterocycles. The smallest absolute Gasteiger partial charge is 0.238 e. The Bertz CT molecular complexity index is 1380. The molecule has 30 heavy (non-hydrogen) atoms. The van der Waals surface area contributed by atoms with Gasteiger partial charge in [-0.1, -0.05) is 6.07 Å². The first-order valence-corrected chi connectivity index (χ1v) is 11.0. The van der Waals surface area contributed by atoms with Crippen LogP contribution >= 0.6 is 27.7 Å². The molecule has 5 rings (SSSR count). The number of thioether (sulfide) groups is 1. The topological polar surface area (TPSA) is 72.9 Å². The lowest BCUT2D eigenvalue weighted by Crippen LogP contribution is -2.30. The van der Waals surface area contributed by atoms with Gasteiger partial charge in [0.2, 0.25) is 11.3 Å². The second kappa shape index (κ2) is 7.21. The van der Waals surface area contributed by atoms with Crippen LogP contribution in [-0.4, -0.2) is 18.8 Å². The number of ether oxygens (including phenoxy) is 1. The van der Waals surface area contributed by atoms with Crippen molar-refractivity contribution in [3.8, 4) is 5.75 Å². The highest BCUT2D eigenvalue weighted by atomic mass is 79.9. The van der Waals surface area contributed by atoms with E-state index in [1.165, 1.54) is 25.1 Å². The minimum atomic E-state index is -0.498. The number of methoxy groups -OCH3 is 1. The van der Waals surface area contributed by atoms with Crippen LogP contribution in [0, 0.1) is 6.92 Å². The lowest BCUT2D eigenvalue weighted by atomic mass is 10.1. The number of aryl methyl sites for hydroxylation is 1. The van der Waals surface area contributed by atoms with Crippen molar-refractivity contribution in [2.75, 3.05) is 17.8 Å². The third kappa shape index (κ3) is 2.86. The summed E-state index contributed by atoms with van der Waals surface area (Å²) in [6.07, 6.45) is 2.98. The first kappa shape index (κ1) is 19.3. The van der Waals surface area contributed by atoms with Gasteiger partial charge in [0.25, 0.3) is 0 Å². The molecular formula is C22H16BrNO5S. The highest BCUT2D eigenvalue weighted by Gasteiger charge is 2.37. The largest absolute Gasteiger partial charge is 0.495 e. The summed E-state index contributed by atoms with van der Waals surface area (Å²) < 4.78 is 17.6. The number of rotatable bonds is 3. The average Bonchev–Trinajstić information content (AvgIpc) is 3.33. The van der Waals surface area contributed by atoms with Crippen molar-refractivity contribution in [3.63, 3.8) is 0 Å². The van der Waals surface area contributed by atoms with Crippen LogP contribution in [0.25, 0.3) is 21.9 Å². The molecule has 1 aliphatic rings. The summed E-state index contributed by atoms with van der Waals surface area (Å²) in [5.74, 6) is 0.621. The molecule has 1 fully saturated rings. The van der Waals surface area contributed by atoms with E-state index >= 15 is 0 Å². The highest BCUT2D eigenvalue weighted by molar-refractivity contribution is 9.10. The number of nitrogens with zero attached hydrogens (tertiary/aromatic N) is 1. The zero-order chi connectivity index (χ0) is 21.0. The molecule has 0 N–H and O–H groups in total. The zero-order valence-corrected chi connectivity index (χ0v) is 18.5. The van der Waals surface area contributed by atoms with Crippen LogP contribution in [0.15, 0.2) is 61.0 Å². The fourth-order valence-electron chi connectivity index (χ4n) is 3.80. The van der Waals surface area contributed by atoms with Gasteiger partial charge in [-0.05, 0) is 46.6 Å². The normalized spacial score (nSPS) is 16.7. The number of hydrogen-bond donors (Lipinski definition) is 0. The average molecular weight is 486 g/mol. The minimum absolute atomic E-state index is 0.0636. The van der Waals surface area contributed by atoms with Crippen molar-refractivity contribution >= 4 is 61.2 Å². The van der Waals surface area contributed by atoms with Crippen LogP contribution in [-0.2, 0) is 4.79 Å². The first-order valence-electron chi connectivity index (χ1n) is 9.19. The third-order valence-electron chi connectivity index (χ3n) is 5.18. The number of anilines is 1. The lowest BCUT2D eigenvalue weighted by molar-refractivity contribution is -0.115. The molecule has 0 radical (unpaired) electrons. The number of furan rings is 1. The molecule has 2 aromatic carbocycles. The summed E-state index contributed by atoms with van der Waals surface area (Å²) in [5, 5.41) is 0.538. The number of amides is 1. The molecule has 152 valence electrons. The fourth-order valence-corrected chi connectivity index (χ4v) is 5.64. The number of fused-ring (bicyclic) bond motifs is 2. The van der Waals surface area contributed by atoms with Crippen molar-refractivity contribution in [1.82, 2.24) is 0 Å². The van der Waals surface area contributed by atoms with E-state index in [9.17, 15) is 9.59 Å². The Kier molecular flexibility index (Phi) is 4.63. The predicted octanol–water partition coefficient (Wildman–Crippen LogP) is 5.40. The molecule has 8 heteroatoms. The Morgan fingerprint density at radius 3 is 2.77 bits per heavy atom. The van der Waals surface area contributed by atoms with E-state index < -0.39 is 5.37 Å². The molecule has 0 aliphatic carbocycles. The Morgan fingerprint density at radius 2 is 2.00 bits per heavy atom. The molecule has 6 nitrogen and oxygen atoms in total. The number of halogens is 1. The van der Waals surface area contributed by atoms with Gasteiger partial charge in [-0.2, -0.15) is 0 Å². The number of hydrogen-bond acceptors (Lipinski definition) is 6. The van der Waals surface area contributed by atoms with E-state index in [0.29, 0.717) is 33.3 Å². The van der Waals surface area contributed by atoms with Crippen LogP contribution in [0.3, 0.4) is 0 Å². The van der Waals surface area contributed by atoms with Gasteiger partial charge in [0.05, 0.1) is 35.8 Å². The number of benzene rings is 2. The summed E-state index contributed by atoms with van der Waals surface area (Å²) in [7, 11) is 1.51. The standard InChI is InChI=1S/C22H16BrNO5S/c1-11-3-4-15(14(23)7-11)24-18(25)10-30-22(24)13-9-29-17-8-16-12(5-6-28-16)21(27-2)19(17)20(13)26/h3-9,22H,10H2,1-2H3. The molecule has 0 bridgehead atoms. The second-order valence-corrected chi connectivity index (χ2v) is 8.94.